The fraction of sp³-hybridized carbons (Fsp3) is 0.750. The summed E-state index contributed by atoms with van der Waals surface area (Å²) in [6.45, 7) is 7.87. The Balaban J connectivity index is 1.60. The minimum atomic E-state index is 0.670. The quantitative estimate of drug-likeness (QED) is 0.883. The van der Waals surface area contributed by atoms with Crippen LogP contribution in [-0.2, 0) is 13.1 Å². The lowest BCUT2D eigenvalue weighted by atomic mass is 9.92. The van der Waals surface area contributed by atoms with Gasteiger partial charge in [-0.15, -0.1) is 0 Å². The highest BCUT2D eigenvalue weighted by atomic mass is 16.3. The maximum Gasteiger partial charge on any atom is 0.122 e. The van der Waals surface area contributed by atoms with E-state index in [0.717, 1.165) is 30.8 Å². The van der Waals surface area contributed by atoms with E-state index in [1.165, 1.54) is 37.8 Å². The molecule has 19 heavy (non-hydrogen) atoms. The van der Waals surface area contributed by atoms with Crippen LogP contribution in [0.15, 0.2) is 16.7 Å². The molecular weight excluding hydrogens is 236 g/mol. The Kier molecular flexibility index (Phi) is 3.94. The summed E-state index contributed by atoms with van der Waals surface area (Å²) in [6.07, 6.45) is 7.22. The summed E-state index contributed by atoms with van der Waals surface area (Å²) in [7, 11) is 0. The second kappa shape index (κ2) is 5.68. The Labute approximate surface area is 116 Å². The van der Waals surface area contributed by atoms with E-state index in [1.807, 2.05) is 6.26 Å². The first kappa shape index (κ1) is 13.2. The second-order valence-corrected chi connectivity index (χ2v) is 6.35. The predicted octanol–water partition coefficient (Wildman–Crippen LogP) is 3.15. The molecule has 1 aliphatic heterocycles. The van der Waals surface area contributed by atoms with Crippen LogP contribution < -0.4 is 5.32 Å². The normalized spacial score (nSPS) is 28.7. The van der Waals surface area contributed by atoms with Gasteiger partial charge in [0.25, 0.3) is 0 Å². The number of furan rings is 1. The SMILES string of the molecule is CC1CCCN(Cc2occc2CNC2CC2)C1C. The first-order chi connectivity index (χ1) is 9.24. The smallest absolute Gasteiger partial charge is 0.122 e. The molecule has 0 bridgehead atoms. The van der Waals surface area contributed by atoms with Crippen molar-refractivity contribution in [3.05, 3.63) is 23.7 Å². The van der Waals surface area contributed by atoms with Crippen molar-refractivity contribution in [2.24, 2.45) is 5.92 Å². The highest BCUT2D eigenvalue weighted by Crippen LogP contribution is 2.26. The van der Waals surface area contributed by atoms with E-state index in [2.05, 4.69) is 30.1 Å². The number of likely N-dealkylation sites (tertiary alicyclic amines) is 1. The van der Waals surface area contributed by atoms with Crippen LogP contribution in [-0.4, -0.2) is 23.5 Å². The fourth-order valence-electron chi connectivity index (χ4n) is 3.03. The minimum Gasteiger partial charge on any atom is -0.468 e. The van der Waals surface area contributed by atoms with Gasteiger partial charge in [0.2, 0.25) is 0 Å². The van der Waals surface area contributed by atoms with Crippen molar-refractivity contribution < 1.29 is 4.42 Å². The van der Waals surface area contributed by atoms with Crippen molar-refractivity contribution in [2.45, 2.75) is 64.7 Å². The summed E-state index contributed by atoms with van der Waals surface area (Å²) in [5.41, 5.74) is 1.34. The van der Waals surface area contributed by atoms with Gasteiger partial charge in [-0.3, -0.25) is 4.90 Å². The molecule has 2 heterocycles. The van der Waals surface area contributed by atoms with Crippen molar-refractivity contribution in [2.75, 3.05) is 6.54 Å². The molecule has 3 rings (SSSR count). The molecule has 2 fully saturated rings. The average Bonchev–Trinajstić information content (AvgIpc) is 3.13. The summed E-state index contributed by atoms with van der Waals surface area (Å²) in [6, 6.07) is 3.56. The first-order valence-corrected chi connectivity index (χ1v) is 7.76. The summed E-state index contributed by atoms with van der Waals surface area (Å²) in [5, 5.41) is 3.58. The largest absolute Gasteiger partial charge is 0.468 e. The second-order valence-electron chi connectivity index (χ2n) is 6.35. The van der Waals surface area contributed by atoms with Gasteiger partial charge in [0.15, 0.2) is 0 Å². The van der Waals surface area contributed by atoms with Crippen molar-refractivity contribution >= 4 is 0 Å². The number of piperidine rings is 1. The highest BCUT2D eigenvalue weighted by molar-refractivity contribution is 5.17. The maximum atomic E-state index is 5.72. The topological polar surface area (TPSA) is 28.4 Å². The molecule has 1 N–H and O–H groups in total. The number of hydrogen-bond acceptors (Lipinski definition) is 3. The molecule has 1 aliphatic carbocycles. The van der Waals surface area contributed by atoms with Crippen LogP contribution >= 0.6 is 0 Å². The van der Waals surface area contributed by atoms with Crippen molar-refractivity contribution in [1.29, 1.82) is 0 Å². The zero-order chi connectivity index (χ0) is 13.2. The van der Waals surface area contributed by atoms with Gasteiger partial charge in [-0.1, -0.05) is 6.92 Å². The molecule has 2 unspecified atom stereocenters. The third kappa shape index (κ3) is 3.21. The summed E-state index contributed by atoms with van der Waals surface area (Å²) < 4.78 is 5.72. The first-order valence-electron chi connectivity index (χ1n) is 7.76. The molecule has 0 amide bonds. The van der Waals surface area contributed by atoms with Gasteiger partial charge >= 0.3 is 0 Å². The third-order valence-electron chi connectivity index (χ3n) is 4.85. The lowest BCUT2D eigenvalue weighted by Gasteiger charge is -2.37. The van der Waals surface area contributed by atoms with Crippen molar-refractivity contribution in [1.82, 2.24) is 10.2 Å². The Bertz CT molecular complexity index is 411. The van der Waals surface area contributed by atoms with Crippen LogP contribution in [0.2, 0.25) is 0 Å². The molecule has 1 aromatic rings. The molecule has 2 aliphatic rings. The molecule has 3 heteroatoms. The molecule has 0 radical (unpaired) electrons. The van der Waals surface area contributed by atoms with Crippen LogP contribution in [0.25, 0.3) is 0 Å². The zero-order valence-corrected chi connectivity index (χ0v) is 12.2. The average molecular weight is 262 g/mol. The molecule has 106 valence electrons. The monoisotopic (exact) mass is 262 g/mol. The minimum absolute atomic E-state index is 0.670. The van der Waals surface area contributed by atoms with Gasteiger partial charge in [-0.05, 0) is 51.1 Å². The molecule has 1 saturated heterocycles. The summed E-state index contributed by atoms with van der Waals surface area (Å²) in [5.74, 6) is 1.96. The van der Waals surface area contributed by atoms with Crippen LogP contribution in [0.3, 0.4) is 0 Å². The van der Waals surface area contributed by atoms with E-state index in [0.29, 0.717) is 6.04 Å². The number of nitrogens with zero attached hydrogens (tertiary/aromatic N) is 1. The van der Waals surface area contributed by atoms with Crippen LogP contribution in [0, 0.1) is 5.92 Å². The van der Waals surface area contributed by atoms with Crippen molar-refractivity contribution in [3.8, 4) is 0 Å². The Hall–Kier alpha value is -0.800. The maximum absolute atomic E-state index is 5.72. The molecule has 1 saturated carbocycles. The van der Waals surface area contributed by atoms with Crippen LogP contribution in [0.1, 0.15) is 50.9 Å². The summed E-state index contributed by atoms with van der Waals surface area (Å²) >= 11 is 0. The predicted molar refractivity (Wildman–Crippen MR) is 76.8 cm³/mol. The van der Waals surface area contributed by atoms with Crippen molar-refractivity contribution in [3.63, 3.8) is 0 Å². The molecule has 1 aromatic heterocycles. The molecular formula is C16H26N2O. The van der Waals surface area contributed by atoms with Gasteiger partial charge in [0, 0.05) is 24.2 Å². The highest BCUT2D eigenvalue weighted by Gasteiger charge is 2.26. The van der Waals surface area contributed by atoms with Crippen LogP contribution in [0.5, 0.6) is 0 Å². The standard InChI is InChI=1S/C16H26N2O/c1-12-4-3-8-18(13(12)2)11-16-14(7-9-19-16)10-17-15-5-6-15/h7,9,12-13,15,17H,3-6,8,10-11H2,1-2H3. The zero-order valence-electron chi connectivity index (χ0n) is 12.2. The number of nitrogens with one attached hydrogen (secondary N) is 1. The van der Waals surface area contributed by atoms with Gasteiger partial charge in [0.05, 0.1) is 12.8 Å². The molecule has 2 atom stereocenters. The molecule has 0 aromatic carbocycles. The van der Waals surface area contributed by atoms with Gasteiger partial charge in [0.1, 0.15) is 5.76 Å². The van der Waals surface area contributed by atoms with E-state index < -0.39 is 0 Å². The van der Waals surface area contributed by atoms with Gasteiger partial charge < -0.3 is 9.73 Å². The van der Waals surface area contributed by atoms with E-state index in [1.54, 1.807) is 0 Å². The lowest BCUT2D eigenvalue weighted by Crippen LogP contribution is -2.41. The Morgan fingerprint density at radius 2 is 2.16 bits per heavy atom. The lowest BCUT2D eigenvalue weighted by molar-refractivity contribution is 0.0982. The summed E-state index contributed by atoms with van der Waals surface area (Å²) in [4.78, 5) is 2.58. The Morgan fingerprint density at radius 3 is 2.95 bits per heavy atom. The van der Waals surface area contributed by atoms with Gasteiger partial charge in [-0.25, -0.2) is 0 Å². The van der Waals surface area contributed by atoms with Crippen LogP contribution in [0.4, 0.5) is 0 Å². The molecule has 0 spiro atoms. The number of rotatable bonds is 5. The Morgan fingerprint density at radius 1 is 1.32 bits per heavy atom. The number of hydrogen-bond donors (Lipinski definition) is 1. The van der Waals surface area contributed by atoms with E-state index in [-0.39, 0.29) is 0 Å². The van der Waals surface area contributed by atoms with E-state index in [4.69, 9.17) is 4.42 Å². The van der Waals surface area contributed by atoms with Gasteiger partial charge in [-0.2, -0.15) is 0 Å². The molecule has 3 nitrogen and oxygen atoms in total. The van der Waals surface area contributed by atoms with E-state index in [9.17, 15) is 0 Å². The third-order valence-corrected chi connectivity index (χ3v) is 4.85. The van der Waals surface area contributed by atoms with E-state index >= 15 is 0 Å². The fourth-order valence-corrected chi connectivity index (χ4v) is 3.03.